The zero-order valence-corrected chi connectivity index (χ0v) is 12.4. The van der Waals surface area contributed by atoms with Crippen LogP contribution < -0.4 is 10.5 Å². The topological polar surface area (TPSA) is 81.4 Å². The summed E-state index contributed by atoms with van der Waals surface area (Å²) in [5.41, 5.74) is 5.12. The van der Waals surface area contributed by atoms with Crippen LogP contribution in [0, 0.1) is 12.7 Å². The lowest BCUT2D eigenvalue weighted by Gasteiger charge is -2.34. The van der Waals surface area contributed by atoms with Gasteiger partial charge >= 0.3 is 0 Å². The van der Waals surface area contributed by atoms with Crippen molar-refractivity contribution in [2.24, 2.45) is 0 Å². The molecule has 1 aromatic carbocycles. The summed E-state index contributed by atoms with van der Waals surface area (Å²) in [6, 6.07) is 2.40. The fourth-order valence-electron chi connectivity index (χ4n) is 2.26. The van der Waals surface area contributed by atoms with Gasteiger partial charge in [0.25, 0.3) is 0 Å². The predicted octanol–water partition coefficient (Wildman–Crippen LogP) is 1.56. The van der Waals surface area contributed by atoms with E-state index in [1.807, 2.05) is 6.92 Å². The minimum absolute atomic E-state index is 0.0716. The normalized spacial score (nSPS) is 18.9. The summed E-state index contributed by atoms with van der Waals surface area (Å²) < 4.78 is 46.5. The van der Waals surface area contributed by atoms with E-state index in [-0.39, 0.29) is 16.1 Å². The molecule has 0 bridgehead atoms. The van der Waals surface area contributed by atoms with E-state index in [0.717, 1.165) is 6.07 Å². The van der Waals surface area contributed by atoms with Gasteiger partial charge in [-0.3, -0.25) is 0 Å². The molecular weight excluding hydrogens is 283 g/mol. The van der Waals surface area contributed by atoms with E-state index in [1.54, 1.807) is 0 Å². The lowest BCUT2D eigenvalue weighted by molar-refractivity contribution is 0.0537. The first kappa shape index (κ1) is 15.2. The first-order valence-electron chi connectivity index (χ1n) is 6.41. The molecule has 0 aliphatic carbocycles. The van der Waals surface area contributed by atoms with Gasteiger partial charge in [0.2, 0.25) is 10.0 Å². The molecule has 0 radical (unpaired) electrons. The minimum Gasteiger partial charge on any atom is -0.399 e. The van der Waals surface area contributed by atoms with Crippen molar-refractivity contribution in [1.82, 2.24) is 4.72 Å². The third kappa shape index (κ3) is 3.11. The molecule has 0 spiro atoms. The van der Waals surface area contributed by atoms with Crippen LogP contribution in [0.4, 0.5) is 10.1 Å². The molecule has 1 aromatic rings. The van der Waals surface area contributed by atoms with Crippen LogP contribution in [0.1, 0.15) is 25.3 Å². The fourth-order valence-corrected chi connectivity index (χ4v) is 4.01. The summed E-state index contributed by atoms with van der Waals surface area (Å²) in [5.74, 6) is -0.623. The number of hydrogen-bond acceptors (Lipinski definition) is 4. The molecule has 5 nitrogen and oxygen atoms in total. The maximum atomic E-state index is 13.7. The van der Waals surface area contributed by atoms with Gasteiger partial charge in [0.1, 0.15) is 5.82 Å². The maximum absolute atomic E-state index is 13.7. The summed E-state index contributed by atoms with van der Waals surface area (Å²) >= 11 is 0. The van der Waals surface area contributed by atoms with Crippen LogP contribution in [0.25, 0.3) is 0 Å². The van der Waals surface area contributed by atoms with Crippen molar-refractivity contribution in [1.29, 1.82) is 0 Å². The molecule has 0 amide bonds. The second-order valence-electron chi connectivity index (χ2n) is 5.40. The zero-order valence-electron chi connectivity index (χ0n) is 11.6. The lowest BCUT2D eigenvalue weighted by Crippen LogP contribution is -2.49. The van der Waals surface area contributed by atoms with Gasteiger partial charge in [0.15, 0.2) is 0 Å². The smallest absolute Gasteiger partial charge is 0.241 e. The van der Waals surface area contributed by atoms with Gasteiger partial charge in [-0.2, -0.15) is 0 Å². The number of hydrogen-bond donors (Lipinski definition) is 2. The Morgan fingerprint density at radius 3 is 2.55 bits per heavy atom. The molecule has 3 N–H and O–H groups in total. The Morgan fingerprint density at radius 2 is 1.95 bits per heavy atom. The van der Waals surface area contributed by atoms with Crippen LogP contribution in [-0.4, -0.2) is 27.2 Å². The SMILES string of the molecule is Cc1c(F)cc(N)cc1S(=O)(=O)NC1(C)CCOCC1. The van der Waals surface area contributed by atoms with Gasteiger partial charge in [-0.15, -0.1) is 0 Å². The Bertz CT molecular complexity index is 610. The minimum atomic E-state index is -3.82. The second-order valence-corrected chi connectivity index (χ2v) is 7.06. The number of halogens is 1. The average Bonchev–Trinajstić information content (AvgIpc) is 2.33. The average molecular weight is 302 g/mol. The van der Waals surface area contributed by atoms with Crippen molar-refractivity contribution in [3.05, 3.63) is 23.5 Å². The summed E-state index contributed by atoms with van der Waals surface area (Å²) in [4.78, 5) is -0.109. The van der Waals surface area contributed by atoms with Gasteiger partial charge in [-0.25, -0.2) is 17.5 Å². The standard InChI is InChI=1S/C13H19FN2O3S/c1-9-11(14)7-10(15)8-12(9)20(17,18)16-13(2)3-5-19-6-4-13/h7-8,16H,3-6,15H2,1-2H3. The van der Waals surface area contributed by atoms with Crippen molar-refractivity contribution in [3.63, 3.8) is 0 Å². The highest BCUT2D eigenvalue weighted by atomic mass is 32.2. The zero-order chi connectivity index (χ0) is 15.0. The number of sulfonamides is 1. The number of nitrogen functional groups attached to an aromatic ring is 1. The lowest BCUT2D eigenvalue weighted by atomic mass is 9.94. The fraction of sp³-hybridized carbons (Fsp3) is 0.538. The summed E-state index contributed by atoms with van der Waals surface area (Å²) in [7, 11) is -3.82. The van der Waals surface area contributed by atoms with E-state index in [9.17, 15) is 12.8 Å². The Balaban J connectivity index is 2.36. The Morgan fingerprint density at radius 1 is 1.35 bits per heavy atom. The second kappa shape index (κ2) is 5.31. The first-order chi connectivity index (χ1) is 9.23. The molecule has 1 heterocycles. The number of benzene rings is 1. The van der Waals surface area contributed by atoms with Crippen LogP contribution >= 0.6 is 0 Å². The van der Waals surface area contributed by atoms with Crippen LogP contribution in [0.2, 0.25) is 0 Å². The number of nitrogens with two attached hydrogens (primary N) is 1. The van der Waals surface area contributed by atoms with Gasteiger partial charge in [0, 0.05) is 30.0 Å². The van der Waals surface area contributed by atoms with Crippen molar-refractivity contribution in [3.8, 4) is 0 Å². The van der Waals surface area contributed by atoms with Gasteiger partial charge in [-0.1, -0.05) is 0 Å². The molecule has 1 aliphatic rings. The van der Waals surface area contributed by atoms with Crippen LogP contribution in [-0.2, 0) is 14.8 Å². The first-order valence-corrected chi connectivity index (χ1v) is 7.89. The van der Waals surface area contributed by atoms with Gasteiger partial charge in [0.05, 0.1) is 4.90 Å². The molecule has 0 unspecified atom stereocenters. The third-order valence-corrected chi connectivity index (χ3v) is 5.35. The van der Waals surface area contributed by atoms with E-state index >= 15 is 0 Å². The summed E-state index contributed by atoms with van der Waals surface area (Å²) in [6.07, 6.45) is 1.16. The van der Waals surface area contributed by atoms with E-state index in [1.165, 1.54) is 13.0 Å². The van der Waals surface area contributed by atoms with Crippen molar-refractivity contribution in [2.45, 2.75) is 37.1 Å². The van der Waals surface area contributed by atoms with Gasteiger partial charge in [-0.05, 0) is 38.8 Å². The number of rotatable bonds is 3. The molecule has 2 rings (SSSR count). The third-order valence-electron chi connectivity index (χ3n) is 3.59. The Labute approximate surface area is 118 Å². The largest absolute Gasteiger partial charge is 0.399 e. The molecular formula is C13H19FN2O3S. The molecule has 20 heavy (non-hydrogen) atoms. The van der Waals surface area contributed by atoms with Gasteiger partial charge < -0.3 is 10.5 Å². The molecule has 1 saturated heterocycles. The quantitative estimate of drug-likeness (QED) is 0.830. The predicted molar refractivity (Wildman–Crippen MR) is 74.3 cm³/mol. The summed E-state index contributed by atoms with van der Waals surface area (Å²) in [5, 5.41) is 0. The van der Waals surface area contributed by atoms with Crippen LogP contribution in [0.5, 0.6) is 0 Å². The highest BCUT2D eigenvalue weighted by Crippen LogP contribution is 2.26. The molecule has 0 aromatic heterocycles. The highest BCUT2D eigenvalue weighted by Gasteiger charge is 2.33. The van der Waals surface area contributed by atoms with Crippen molar-refractivity contribution >= 4 is 15.7 Å². The monoisotopic (exact) mass is 302 g/mol. The molecule has 0 saturated carbocycles. The van der Waals surface area contributed by atoms with Crippen molar-refractivity contribution in [2.75, 3.05) is 18.9 Å². The van der Waals surface area contributed by atoms with E-state index in [2.05, 4.69) is 4.72 Å². The number of nitrogens with one attached hydrogen (secondary N) is 1. The molecule has 1 fully saturated rings. The molecule has 1 aliphatic heterocycles. The molecule has 112 valence electrons. The van der Waals surface area contributed by atoms with E-state index in [0.29, 0.717) is 26.1 Å². The van der Waals surface area contributed by atoms with Crippen LogP contribution in [0.3, 0.4) is 0 Å². The summed E-state index contributed by atoms with van der Waals surface area (Å²) in [6.45, 7) is 4.26. The number of anilines is 1. The maximum Gasteiger partial charge on any atom is 0.241 e. The highest BCUT2D eigenvalue weighted by molar-refractivity contribution is 7.89. The van der Waals surface area contributed by atoms with E-state index in [4.69, 9.17) is 10.5 Å². The molecule has 0 atom stereocenters. The molecule has 7 heteroatoms. The van der Waals surface area contributed by atoms with E-state index < -0.39 is 21.4 Å². The van der Waals surface area contributed by atoms with Crippen LogP contribution in [0.15, 0.2) is 17.0 Å². The Hall–Kier alpha value is -1.18. The number of ether oxygens (including phenoxy) is 1. The Kier molecular flexibility index (Phi) is 4.04. The van der Waals surface area contributed by atoms with Crippen molar-refractivity contribution < 1.29 is 17.5 Å².